The van der Waals surface area contributed by atoms with E-state index in [-0.39, 0.29) is 5.78 Å². The standard InChI is InChI=1S/C22H29NO4/c1-6-16-8-7-9-19(14-20(16)15(2)24)26-18-12-10-17(11-13-18)23-21(25)27-22(3,4)5/h10-14H,6-9H2,1-5H3,(H,23,25). The summed E-state index contributed by atoms with van der Waals surface area (Å²) >= 11 is 0. The molecule has 0 aromatic heterocycles. The van der Waals surface area contributed by atoms with Crippen molar-refractivity contribution in [3.63, 3.8) is 0 Å². The lowest BCUT2D eigenvalue weighted by molar-refractivity contribution is -0.113. The Balaban J connectivity index is 2.06. The molecular formula is C22H29NO4. The maximum absolute atomic E-state index is 12.0. The highest BCUT2D eigenvalue weighted by atomic mass is 16.6. The third-order valence-corrected chi connectivity index (χ3v) is 4.14. The Morgan fingerprint density at radius 3 is 2.33 bits per heavy atom. The fraction of sp³-hybridized carbons (Fsp3) is 0.455. The summed E-state index contributed by atoms with van der Waals surface area (Å²) in [5, 5.41) is 2.69. The number of ether oxygens (including phenoxy) is 2. The van der Waals surface area contributed by atoms with Crippen molar-refractivity contribution < 1.29 is 19.1 Å². The maximum Gasteiger partial charge on any atom is 0.412 e. The van der Waals surface area contributed by atoms with E-state index in [9.17, 15) is 9.59 Å². The Hall–Kier alpha value is -2.56. The summed E-state index contributed by atoms with van der Waals surface area (Å²) in [4.78, 5) is 23.8. The molecule has 0 saturated carbocycles. The van der Waals surface area contributed by atoms with Gasteiger partial charge in [-0.25, -0.2) is 4.79 Å². The van der Waals surface area contributed by atoms with Gasteiger partial charge < -0.3 is 9.47 Å². The van der Waals surface area contributed by atoms with Crippen LogP contribution in [0.1, 0.15) is 60.3 Å². The number of benzene rings is 1. The molecule has 0 saturated heterocycles. The monoisotopic (exact) mass is 371 g/mol. The minimum Gasteiger partial charge on any atom is -0.462 e. The van der Waals surface area contributed by atoms with Crippen molar-refractivity contribution in [2.45, 2.75) is 65.9 Å². The zero-order valence-corrected chi connectivity index (χ0v) is 16.8. The van der Waals surface area contributed by atoms with Crippen LogP contribution in [0.4, 0.5) is 10.5 Å². The van der Waals surface area contributed by atoms with Gasteiger partial charge in [-0.3, -0.25) is 10.1 Å². The fourth-order valence-corrected chi connectivity index (χ4v) is 2.92. The number of ketones is 1. The van der Waals surface area contributed by atoms with Crippen LogP contribution in [0.3, 0.4) is 0 Å². The number of nitrogens with one attached hydrogen (secondary N) is 1. The molecule has 27 heavy (non-hydrogen) atoms. The predicted molar refractivity (Wildman–Crippen MR) is 107 cm³/mol. The summed E-state index contributed by atoms with van der Waals surface area (Å²) in [5.41, 5.74) is 2.05. The third-order valence-electron chi connectivity index (χ3n) is 4.14. The van der Waals surface area contributed by atoms with Gasteiger partial charge in [0.2, 0.25) is 0 Å². The molecule has 2 rings (SSSR count). The second kappa shape index (κ2) is 8.89. The predicted octanol–water partition coefficient (Wildman–Crippen LogP) is 5.78. The van der Waals surface area contributed by atoms with Gasteiger partial charge in [0.15, 0.2) is 5.78 Å². The first-order valence-electron chi connectivity index (χ1n) is 9.39. The van der Waals surface area contributed by atoms with Crippen LogP contribution in [0.2, 0.25) is 0 Å². The van der Waals surface area contributed by atoms with Crippen LogP contribution in [-0.4, -0.2) is 17.5 Å². The molecule has 0 atom stereocenters. The molecule has 146 valence electrons. The van der Waals surface area contributed by atoms with Gasteiger partial charge in [0.05, 0.1) is 0 Å². The summed E-state index contributed by atoms with van der Waals surface area (Å²) in [6, 6.07) is 7.10. The van der Waals surface area contributed by atoms with Gasteiger partial charge in [0, 0.05) is 17.7 Å². The second-order valence-corrected chi connectivity index (χ2v) is 7.64. The van der Waals surface area contributed by atoms with E-state index >= 15 is 0 Å². The third kappa shape index (κ3) is 6.59. The van der Waals surface area contributed by atoms with Crippen LogP contribution >= 0.6 is 0 Å². The lowest BCUT2D eigenvalue weighted by Crippen LogP contribution is -2.27. The normalized spacial score (nSPS) is 14.9. The van der Waals surface area contributed by atoms with Gasteiger partial charge in [-0.05, 0) is 77.3 Å². The Labute approximate surface area is 161 Å². The average Bonchev–Trinajstić information content (AvgIpc) is 2.77. The molecule has 1 aromatic carbocycles. The molecular weight excluding hydrogens is 342 g/mol. The van der Waals surface area contributed by atoms with E-state index in [1.165, 1.54) is 5.57 Å². The number of carbonyl (C=O) groups is 2. The van der Waals surface area contributed by atoms with E-state index in [2.05, 4.69) is 12.2 Å². The van der Waals surface area contributed by atoms with Crippen molar-refractivity contribution in [1.29, 1.82) is 0 Å². The summed E-state index contributed by atoms with van der Waals surface area (Å²) < 4.78 is 11.2. The number of carbonyl (C=O) groups excluding carboxylic acids is 2. The largest absolute Gasteiger partial charge is 0.462 e. The quantitative estimate of drug-likeness (QED) is 0.713. The highest BCUT2D eigenvalue weighted by Crippen LogP contribution is 2.28. The van der Waals surface area contributed by atoms with Crippen molar-refractivity contribution in [2.24, 2.45) is 0 Å². The van der Waals surface area contributed by atoms with E-state index in [0.717, 1.165) is 37.0 Å². The molecule has 0 bridgehead atoms. The molecule has 0 fully saturated rings. The number of Topliss-reactive ketones (excluding diaryl/α,β-unsaturated/α-hetero) is 1. The Kier molecular flexibility index (Phi) is 6.83. The zero-order chi connectivity index (χ0) is 20.0. The molecule has 0 unspecified atom stereocenters. The molecule has 0 radical (unpaired) electrons. The molecule has 1 N–H and O–H groups in total. The van der Waals surface area contributed by atoms with Crippen LogP contribution in [0.15, 0.2) is 47.2 Å². The molecule has 1 aromatic rings. The fourth-order valence-electron chi connectivity index (χ4n) is 2.92. The molecule has 0 heterocycles. The number of allylic oxidation sites excluding steroid dienone is 4. The molecule has 5 heteroatoms. The Morgan fingerprint density at radius 2 is 1.78 bits per heavy atom. The highest BCUT2D eigenvalue weighted by molar-refractivity contribution is 5.97. The molecule has 1 aliphatic carbocycles. The number of amides is 1. The first kappa shape index (κ1) is 20.7. The molecule has 5 nitrogen and oxygen atoms in total. The number of rotatable bonds is 5. The van der Waals surface area contributed by atoms with E-state index in [4.69, 9.17) is 9.47 Å². The minimum absolute atomic E-state index is 0.0757. The zero-order valence-electron chi connectivity index (χ0n) is 16.8. The van der Waals surface area contributed by atoms with Crippen LogP contribution in [0.25, 0.3) is 0 Å². The van der Waals surface area contributed by atoms with Gasteiger partial charge in [-0.1, -0.05) is 12.5 Å². The number of hydrogen-bond donors (Lipinski definition) is 1. The lowest BCUT2D eigenvalue weighted by Gasteiger charge is -2.19. The summed E-state index contributed by atoms with van der Waals surface area (Å²) in [6.07, 6.45) is 4.94. The number of anilines is 1. The molecule has 1 aliphatic rings. The van der Waals surface area contributed by atoms with Crippen molar-refractivity contribution in [2.75, 3.05) is 5.32 Å². The average molecular weight is 371 g/mol. The van der Waals surface area contributed by atoms with E-state index < -0.39 is 11.7 Å². The summed E-state index contributed by atoms with van der Waals surface area (Å²) in [7, 11) is 0. The maximum atomic E-state index is 12.0. The Bertz CT molecular complexity index is 752. The van der Waals surface area contributed by atoms with Crippen molar-refractivity contribution in [1.82, 2.24) is 0 Å². The van der Waals surface area contributed by atoms with Gasteiger partial charge in [-0.2, -0.15) is 0 Å². The van der Waals surface area contributed by atoms with Crippen molar-refractivity contribution >= 4 is 17.6 Å². The van der Waals surface area contributed by atoms with E-state index in [0.29, 0.717) is 11.4 Å². The van der Waals surface area contributed by atoms with E-state index in [1.54, 1.807) is 31.2 Å². The van der Waals surface area contributed by atoms with E-state index in [1.807, 2.05) is 26.8 Å². The topological polar surface area (TPSA) is 64.6 Å². The first-order chi connectivity index (χ1) is 12.7. The lowest BCUT2D eigenvalue weighted by atomic mass is 10.00. The molecule has 0 aliphatic heterocycles. The smallest absolute Gasteiger partial charge is 0.412 e. The Morgan fingerprint density at radius 1 is 1.11 bits per heavy atom. The molecule has 1 amide bonds. The van der Waals surface area contributed by atoms with Crippen LogP contribution in [0.5, 0.6) is 5.75 Å². The van der Waals surface area contributed by atoms with Gasteiger partial charge >= 0.3 is 6.09 Å². The first-order valence-corrected chi connectivity index (χ1v) is 9.39. The van der Waals surface area contributed by atoms with Crippen LogP contribution in [0, 0.1) is 0 Å². The minimum atomic E-state index is -0.543. The molecule has 0 spiro atoms. The summed E-state index contributed by atoms with van der Waals surface area (Å²) in [5.74, 6) is 1.53. The van der Waals surface area contributed by atoms with Gasteiger partial charge in [0.1, 0.15) is 17.1 Å². The van der Waals surface area contributed by atoms with Gasteiger partial charge in [-0.15, -0.1) is 0 Å². The van der Waals surface area contributed by atoms with Crippen molar-refractivity contribution in [3.8, 4) is 5.75 Å². The van der Waals surface area contributed by atoms with Crippen LogP contribution in [-0.2, 0) is 9.53 Å². The highest BCUT2D eigenvalue weighted by Gasteiger charge is 2.17. The second-order valence-electron chi connectivity index (χ2n) is 7.64. The summed E-state index contributed by atoms with van der Waals surface area (Å²) in [6.45, 7) is 9.13. The SMILES string of the molecule is CCC1=C(C(C)=O)C=C(Oc2ccc(NC(=O)OC(C)(C)C)cc2)CCC1. The van der Waals surface area contributed by atoms with Crippen LogP contribution < -0.4 is 10.1 Å². The number of hydrogen-bond acceptors (Lipinski definition) is 4. The van der Waals surface area contributed by atoms with Gasteiger partial charge in [0.25, 0.3) is 0 Å². The van der Waals surface area contributed by atoms with Crippen molar-refractivity contribution in [3.05, 3.63) is 47.2 Å².